The fourth-order valence-electron chi connectivity index (χ4n) is 4.62. The molecule has 0 heterocycles. The molecule has 4 aliphatic rings. The summed E-state index contributed by atoms with van der Waals surface area (Å²) in [5.74, 6) is -0.900. The van der Waals surface area contributed by atoms with Crippen LogP contribution in [0, 0.1) is 35.5 Å². The molecule has 0 unspecified atom stereocenters. The number of carboxylic acids is 1. The van der Waals surface area contributed by atoms with Crippen molar-refractivity contribution in [1.29, 1.82) is 0 Å². The second kappa shape index (κ2) is 5.22. The molecule has 4 aliphatic carbocycles. The van der Waals surface area contributed by atoms with Crippen molar-refractivity contribution in [1.82, 2.24) is 0 Å². The van der Waals surface area contributed by atoms with E-state index in [1.165, 1.54) is 5.56 Å². The van der Waals surface area contributed by atoms with Crippen molar-refractivity contribution in [3.05, 3.63) is 42.0 Å². The summed E-state index contributed by atoms with van der Waals surface area (Å²) in [6.45, 7) is 2.09. The molecule has 2 saturated carbocycles. The average molecular weight is 311 g/mol. The Morgan fingerprint density at radius 1 is 1.09 bits per heavy atom. The number of rotatable bonds is 4. The Hall–Kier alpha value is -2.10. The van der Waals surface area contributed by atoms with E-state index in [0.717, 1.165) is 18.5 Å². The highest BCUT2D eigenvalue weighted by atomic mass is 16.4. The first-order chi connectivity index (χ1) is 11.1. The van der Waals surface area contributed by atoms with E-state index in [1.54, 1.807) is 0 Å². The van der Waals surface area contributed by atoms with Gasteiger partial charge in [-0.1, -0.05) is 31.2 Å². The molecule has 1 aromatic rings. The Morgan fingerprint density at radius 2 is 1.70 bits per heavy atom. The van der Waals surface area contributed by atoms with Crippen molar-refractivity contribution in [2.75, 3.05) is 5.32 Å². The van der Waals surface area contributed by atoms with Crippen molar-refractivity contribution in [2.24, 2.45) is 35.5 Å². The summed E-state index contributed by atoms with van der Waals surface area (Å²) in [5.41, 5.74) is 1.96. The van der Waals surface area contributed by atoms with Gasteiger partial charge >= 0.3 is 5.97 Å². The zero-order valence-corrected chi connectivity index (χ0v) is 13.1. The number of carboxylic acid groups (broad SMARTS) is 1. The molecule has 4 nitrogen and oxygen atoms in total. The minimum atomic E-state index is -0.837. The smallest absolute Gasteiger partial charge is 0.307 e. The van der Waals surface area contributed by atoms with E-state index in [4.69, 9.17) is 0 Å². The summed E-state index contributed by atoms with van der Waals surface area (Å²) in [6.07, 6.45) is 6.15. The normalized spacial score (nSPS) is 36.4. The van der Waals surface area contributed by atoms with Crippen LogP contribution in [-0.4, -0.2) is 17.0 Å². The highest BCUT2D eigenvalue weighted by Gasteiger charge is 2.62. The van der Waals surface area contributed by atoms with Crippen LogP contribution in [0.25, 0.3) is 0 Å². The largest absolute Gasteiger partial charge is 0.481 e. The monoisotopic (exact) mass is 311 g/mol. The number of aliphatic carboxylic acids is 1. The van der Waals surface area contributed by atoms with Crippen LogP contribution in [0.1, 0.15) is 18.9 Å². The molecule has 4 heteroatoms. The van der Waals surface area contributed by atoms with Gasteiger partial charge in [0.1, 0.15) is 0 Å². The summed E-state index contributed by atoms with van der Waals surface area (Å²) in [6, 6.07) is 7.77. The predicted octanol–water partition coefficient (Wildman–Crippen LogP) is 2.96. The maximum atomic E-state index is 12.8. The molecule has 6 atom stereocenters. The van der Waals surface area contributed by atoms with Crippen molar-refractivity contribution in [3.8, 4) is 0 Å². The molecule has 2 fully saturated rings. The quantitative estimate of drug-likeness (QED) is 0.840. The van der Waals surface area contributed by atoms with E-state index >= 15 is 0 Å². The van der Waals surface area contributed by atoms with Gasteiger partial charge in [0.15, 0.2) is 0 Å². The zero-order chi connectivity index (χ0) is 16.1. The number of benzene rings is 1. The molecule has 0 aromatic heterocycles. The van der Waals surface area contributed by atoms with Gasteiger partial charge in [0.25, 0.3) is 0 Å². The van der Waals surface area contributed by atoms with E-state index < -0.39 is 17.8 Å². The van der Waals surface area contributed by atoms with Gasteiger partial charge in [0.2, 0.25) is 5.91 Å². The molecule has 0 radical (unpaired) electrons. The van der Waals surface area contributed by atoms with E-state index in [9.17, 15) is 14.7 Å². The number of nitrogens with one attached hydrogen (secondary N) is 1. The standard InChI is InChI=1S/C19H21NO3/c1-2-10-3-5-11(6-4-10)20-18(21)16-12-7-8-13(15-9-14(12)15)17(16)19(22)23/h3-8,12-17H,2,9H2,1H3,(H,20,21)(H,22,23)/t12-,13-,14-,15-,16-,17+/m1/s1. The number of amides is 1. The summed E-state index contributed by atoms with van der Waals surface area (Å²) >= 11 is 0. The third kappa shape index (κ3) is 2.28. The number of hydrogen-bond donors (Lipinski definition) is 2. The van der Waals surface area contributed by atoms with Crippen LogP contribution in [0.4, 0.5) is 5.69 Å². The van der Waals surface area contributed by atoms with E-state index in [0.29, 0.717) is 11.8 Å². The molecule has 0 aliphatic heterocycles. The number of anilines is 1. The Kier molecular flexibility index (Phi) is 3.29. The fourth-order valence-corrected chi connectivity index (χ4v) is 4.62. The van der Waals surface area contributed by atoms with Crippen molar-refractivity contribution in [3.63, 3.8) is 0 Å². The van der Waals surface area contributed by atoms with E-state index in [1.807, 2.05) is 30.3 Å². The highest BCUT2D eigenvalue weighted by Crippen LogP contribution is 2.63. The van der Waals surface area contributed by atoms with Crippen LogP contribution in [0.5, 0.6) is 0 Å². The third-order valence-electron chi connectivity index (χ3n) is 5.87. The van der Waals surface area contributed by atoms with E-state index in [-0.39, 0.29) is 17.7 Å². The van der Waals surface area contributed by atoms with Crippen LogP contribution in [0.2, 0.25) is 0 Å². The number of hydrogen-bond acceptors (Lipinski definition) is 2. The Bertz CT molecular complexity index is 678. The fraction of sp³-hybridized carbons (Fsp3) is 0.474. The Morgan fingerprint density at radius 3 is 2.26 bits per heavy atom. The minimum Gasteiger partial charge on any atom is -0.481 e. The summed E-state index contributed by atoms with van der Waals surface area (Å²) in [5, 5.41) is 12.6. The van der Waals surface area contributed by atoms with Gasteiger partial charge in [0, 0.05) is 5.69 Å². The van der Waals surface area contributed by atoms with Gasteiger partial charge < -0.3 is 10.4 Å². The van der Waals surface area contributed by atoms with Crippen molar-refractivity contribution in [2.45, 2.75) is 19.8 Å². The maximum absolute atomic E-state index is 12.8. The molecule has 120 valence electrons. The molecule has 23 heavy (non-hydrogen) atoms. The lowest BCUT2D eigenvalue weighted by atomic mass is 9.62. The van der Waals surface area contributed by atoms with Gasteiger partial charge in [-0.25, -0.2) is 0 Å². The van der Waals surface area contributed by atoms with Crippen LogP contribution in [-0.2, 0) is 16.0 Å². The second-order valence-electron chi connectivity index (χ2n) is 7.03. The molecule has 0 spiro atoms. The molecular formula is C19H21NO3. The predicted molar refractivity (Wildman–Crippen MR) is 86.8 cm³/mol. The highest BCUT2D eigenvalue weighted by molar-refractivity contribution is 5.96. The van der Waals surface area contributed by atoms with Gasteiger partial charge in [-0.2, -0.15) is 0 Å². The lowest BCUT2D eigenvalue weighted by Crippen LogP contribution is -2.48. The molecular weight excluding hydrogens is 290 g/mol. The van der Waals surface area contributed by atoms with Crippen molar-refractivity contribution >= 4 is 17.6 Å². The van der Waals surface area contributed by atoms with Crippen LogP contribution in [0.15, 0.2) is 36.4 Å². The van der Waals surface area contributed by atoms with Gasteiger partial charge in [-0.15, -0.1) is 0 Å². The molecule has 1 amide bonds. The van der Waals surface area contributed by atoms with Crippen molar-refractivity contribution < 1.29 is 14.7 Å². The maximum Gasteiger partial charge on any atom is 0.307 e. The number of carbonyl (C=O) groups is 2. The molecule has 2 N–H and O–H groups in total. The second-order valence-corrected chi connectivity index (χ2v) is 7.03. The lowest BCUT2D eigenvalue weighted by Gasteiger charge is -2.41. The topological polar surface area (TPSA) is 66.4 Å². The minimum absolute atomic E-state index is 0.0284. The first-order valence-corrected chi connectivity index (χ1v) is 8.41. The number of fused-ring (bicyclic) bond motifs is 1. The first-order valence-electron chi connectivity index (χ1n) is 8.41. The van der Waals surface area contributed by atoms with Crippen LogP contribution >= 0.6 is 0 Å². The summed E-state index contributed by atoms with van der Waals surface area (Å²) in [4.78, 5) is 24.5. The van der Waals surface area contributed by atoms with Crippen LogP contribution < -0.4 is 5.32 Å². The van der Waals surface area contributed by atoms with Gasteiger partial charge in [-0.05, 0) is 54.2 Å². The summed E-state index contributed by atoms with van der Waals surface area (Å²) in [7, 11) is 0. The summed E-state index contributed by atoms with van der Waals surface area (Å²) < 4.78 is 0. The van der Waals surface area contributed by atoms with Gasteiger partial charge in [-0.3, -0.25) is 9.59 Å². The first kappa shape index (κ1) is 14.5. The molecule has 2 bridgehead atoms. The lowest BCUT2D eigenvalue weighted by molar-refractivity contribution is -0.152. The Labute approximate surface area is 135 Å². The number of allylic oxidation sites excluding steroid dienone is 2. The molecule has 0 saturated heterocycles. The SMILES string of the molecule is CCc1ccc(NC(=O)[C@@H]2[C@@H]3C=C[C@H]([C@H]4C[C@H]34)[C@@H]2C(=O)O)cc1. The molecule has 1 aromatic carbocycles. The third-order valence-corrected chi connectivity index (χ3v) is 5.87. The molecule has 5 rings (SSSR count). The average Bonchev–Trinajstić information content (AvgIpc) is 3.37. The van der Waals surface area contributed by atoms with E-state index in [2.05, 4.69) is 18.3 Å². The Balaban J connectivity index is 1.56. The zero-order valence-electron chi connectivity index (χ0n) is 13.1. The number of carbonyl (C=O) groups excluding carboxylic acids is 1. The van der Waals surface area contributed by atoms with Gasteiger partial charge in [0.05, 0.1) is 11.8 Å². The van der Waals surface area contributed by atoms with Crippen LogP contribution in [0.3, 0.4) is 0 Å². The number of aryl methyl sites for hydroxylation is 1.